The third-order valence-corrected chi connectivity index (χ3v) is 3.38. The van der Waals surface area contributed by atoms with E-state index in [0.29, 0.717) is 16.4 Å². The van der Waals surface area contributed by atoms with Gasteiger partial charge in [-0.3, -0.25) is 9.89 Å². The fourth-order valence-electron chi connectivity index (χ4n) is 2.20. The molecule has 6 heteroatoms. The molecule has 0 aliphatic rings. The van der Waals surface area contributed by atoms with Gasteiger partial charge < -0.3 is 10.8 Å². The number of hydrogen-bond donors (Lipinski definition) is 3. The first-order valence-corrected chi connectivity index (χ1v) is 6.15. The number of nitrogens with zero attached hydrogens (tertiary/aromatic N) is 1. The lowest BCUT2D eigenvalue weighted by atomic mass is 9.88. The molecule has 0 fully saturated rings. The van der Waals surface area contributed by atoms with Crippen LogP contribution in [0.3, 0.4) is 0 Å². The number of rotatable bonds is 4. The number of aromatic nitrogens is 2. The van der Waals surface area contributed by atoms with E-state index in [1.807, 2.05) is 19.1 Å². The first-order chi connectivity index (χ1) is 9.00. The molecule has 0 spiro atoms. The summed E-state index contributed by atoms with van der Waals surface area (Å²) < 4.78 is 0. The number of hydrogen-bond acceptors (Lipinski definition) is 3. The number of halogens is 1. The van der Waals surface area contributed by atoms with E-state index in [-0.39, 0.29) is 6.42 Å². The molecule has 4 N–H and O–H groups in total. The molecule has 0 saturated heterocycles. The zero-order valence-electron chi connectivity index (χ0n) is 10.4. The van der Waals surface area contributed by atoms with Crippen LogP contribution in [0.4, 0.5) is 5.82 Å². The van der Waals surface area contributed by atoms with Gasteiger partial charge in [-0.1, -0.05) is 29.8 Å². The molecule has 19 heavy (non-hydrogen) atoms. The van der Waals surface area contributed by atoms with E-state index in [1.54, 1.807) is 12.1 Å². The van der Waals surface area contributed by atoms with Crippen LogP contribution in [0.25, 0.3) is 0 Å². The summed E-state index contributed by atoms with van der Waals surface area (Å²) in [7, 11) is 0. The minimum atomic E-state index is -0.912. The van der Waals surface area contributed by atoms with Crippen molar-refractivity contribution in [2.24, 2.45) is 0 Å². The second kappa shape index (κ2) is 5.32. The van der Waals surface area contributed by atoms with Crippen molar-refractivity contribution in [3.05, 3.63) is 46.1 Å². The molecule has 0 saturated carbocycles. The Morgan fingerprint density at radius 2 is 2.21 bits per heavy atom. The molecule has 0 bridgehead atoms. The quantitative estimate of drug-likeness (QED) is 0.802. The van der Waals surface area contributed by atoms with Crippen LogP contribution in [-0.2, 0) is 4.79 Å². The number of carboxylic acid groups (broad SMARTS) is 1. The summed E-state index contributed by atoms with van der Waals surface area (Å²) in [6.45, 7) is 1.81. The summed E-state index contributed by atoms with van der Waals surface area (Å²) in [6.07, 6.45) is -0.0890. The Morgan fingerprint density at radius 3 is 2.74 bits per heavy atom. The van der Waals surface area contributed by atoms with E-state index in [4.69, 9.17) is 22.4 Å². The molecule has 0 amide bonds. The SMILES string of the molecule is Cc1[nH]nc(N)c1C(CC(=O)O)c1ccccc1Cl. The molecule has 2 aromatic rings. The zero-order chi connectivity index (χ0) is 14.0. The molecule has 1 atom stereocenters. The van der Waals surface area contributed by atoms with E-state index < -0.39 is 11.9 Å². The number of nitrogens with one attached hydrogen (secondary N) is 1. The second-order valence-electron chi connectivity index (χ2n) is 4.32. The van der Waals surface area contributed by atoms with Crippen molar-refractivity contribution in [2.75, 3.05) is 5.73 Å². The number of H-pyrrole nitrogens is 1. The Kier molecular flexibility index (Phi) is 3.76. The van der Waals surface area contributed by atoms with Crippen molar-refractivity contribution in [1.29, 1.82) is 0 Å². The zero-order valence-corrected chi connectivity index (χ0v) is 11.1. The predicted octanol–water partition coefficient (Wildman–Crippen LogP) is 2.56. The van der Waals surface area contributed by atoms with Gasteiger partial charge in [-0.2, -0.15) is 5.10 Å². The first kappa shape index (κ1) is 13.4. The Labute approximate surface area is 115 Å². The fraction of sp³-hybridized carbons (Fsp3) is 0.231. The number of aryl methyl sites for hydroxylation is 1. The maximum atomic E-state index is 11.1. The Balaban J connectivity index is 2.54. The van der Waals surface area contributed by atoms with Crippen molar-refractivity contribution in [1.82, 2.24) is 10.2 Å². The van der Waals surface area contributed by atoms with Crippen LogP contribution in [0, 0.1) is 6.92 Å². The topological polar surface area (TPSA) is 92.0 Å². The summed E-state index contributed by atoms with van der Waals surface area (Å²) in [5, 5.41) is 16.3. The highest BCUT2D eigenvalue weighted by atomic mass is 35.5. The molecule has 1 unspecified atom stereocenters. The maximum Gasteiger partial charge on any atom is 0.304 e. The van der Waals surface area contributed by atoms with Crippen molar-refractivity contribution in [3.63, 3.8) is 0 Å². The lowest BCUT2D eigenvalue weighted by Crippen LogP contribution is -2.10. The van der Waals surface area contributed by atoms with Gasteiger partial charge in [0.15, 0.2) is 0 Å². The van der Waals surface area contributed by atoms with Crippen LogP contribution in [0.2, 0.25) is 5.02 Å². The molecular formula is C13H14ClN3O2. The van der Waals surface area contributed by atoms with Crippen LogP contribution in [0.5, 0.6) is 0 Å². The number of nitrogens with two attached hydrogens (primary N) is 1. The molecule has 0 aliphatic carbocycles. The van der Waals surface area contributed by atoms with E-state index in [1.165, 1.54) is 0 Å². The van der Waals surface area contributed by atoms with Gasteiger partial charge in [0.25, 0.3) is 0 Å². The standard InChI is InChI=1S/C13H14ClN3O2/c1-7-12(13(15)17-16-7)9(6-11(18)19)8-4-2-3-5-10(8)14/h2-5,9H,6H2,1H3,(H,18,19)(H3,15,16,17). The largest absolute Gasteiger partial charge is 0.481 e. The number of aromatic amines is 1. The molecule has 0 aliphatic heterocycles. The summed E-state index contributed by atoms with van der Waals surface area (Å²) in [5.74, 6) is -1.02. The molecule has 2 rings (SSSR count). The van der Waals surface area contributed by atoms with Crippen molar-refractivity contribution in [3.8, 4) is 0 Å². The third kappa shape index (κ3) is 2.71. The van der Waals surface area contributed by atoms with Crippen molar-refractivity contribution in [2.45, 2.75) is 19.3 Å². The maximum absolute atomic E-state index is 11.1. The lowest BCUT2D eigenvalue weighted by molar-refractivity contribution is -0.137. The minimum absolute atomic E-state index is 0.0890. The fourth-order valence-corrected chi connectivity index (χ4v) is 2.46. The molecule has 100 valence electrons. The molecule has 1 aromatic carbocycles. The minimum Gasteiger partial charge on any atom is -0.481 e. The summed E-state index contributed by atoms with van der Waals surface area (Å²) >= 11 is 6.16. The molecule has 0 radical (unpaired) electrons. The molecule has 1 heterocycles. The third-order valence-electron chi connectivity index (χ3n) is 3.03. The Morgan fingerprint density at radius 1 is 1.53 bits per heavy atom. The number of anilines is 1. The monoisotopic (exact) mass is 279 g/mol. The van der Waals surface area contributed by atoms with Gasteiger partial charge in [0.2, 0.25) is 0 Å². The van der Waals surface area contributed by atoms with Crippen molar-refractivity contribution < 1.29 is 9.90 Å². The van der Waals surface area contributed by atoms with Gasteiger partial charge in [0.1, 0.15) is 5.82 Å². The number of carbonyl (C=O) groups is 1. The molecular weight excluding hydrogens is 266 g/mol. The lowest BCUT2D eigenvalue weighted by Gasteiger charge is -2.17. The Hall–Kier alpha value is -2.01. The number of aliphatic carboxylic acids is 1. The first-order valence-electron chi connectivity index (χ1n) is 5.77. The van der Waals surface area contributed by atoms with Gasteiger partial charge in [-0.25, -0.2) is 0 Å². The van der Waals surface area contributed by atoms with Crippen LogP contribution in [0.15, 0.2) is 24.3 Å². The van der Waals surface area contributed by atoms with Crippen LogP contribution >= 0.6 is 11.6 Å². The number of benzene rings is 1. The van der Waals surface area contributed by atoms with Crippen LogP contribution < -0.4 is 5.73 Å². The smallest absolute Gasteiger partial charge is 0.304 e. The highest BCUT2D eigenvalue weighted by Gasteiger charge is 2.25. The predicted molar refractivity (Wildman–Crippen MR) is 73.3 cm³/mol. The number of nitrogen functional groups attached to an aromatic ring is 1. The van der Waals surface area contributed by atoms with Crippen LogP contribution in [-0.4, -0.2) is 21.3 Å². The van der Waals surface area contributed by atoms with Gasteiger partial charge in [-0.05, 0) is 18.6 Å². The van der Waals surface area contributed by atoms with Gasteiger partial charge >= 0.3 is 5.97 Å². The van der Waals surface area contributed by atoms with E-state index in [9.17, 15) is 4.79 Å². The second-order valence-corrected chi connectivity index (χ2v) is 4.73. The normalized spacial score (nSPS) is 12.3. The Bertz CT molecular complexity index is 590. The van der Waals surface area contributed by atoms with E-state index >= 15 is 0 Å². The highest BCUT2D eigenvalue weighted by molar-refractivity contribution is 6.31. The van der Waals surface area contributed by atoms with Gasteiger partial charge in [0.05, 0.1) is 6.42 Å². The van der Waals surface area contributed by atoms with E-state index in [2.05, 4.69) is 10.2 Å². The highest BCUT2D eigenvalue weighted by Crippen LogP contribution is 2.36. The van der Waals surface area contributed by atoms with Gasteiger partial charge in [-0.15, -0.1) is 0 Å². The molecule has 5 nitrogen and oxygen atoms in total. The average molecular weight is 280 g/mol. The van der Waals surface area contributed by atoms with Crippen LogP contribution in [0.1, 0.15) is 29.2 Å². The number of carboxylic acids is 1. The molecule has 1 aromatic heterocycles. The van der Waals surface area contributed by atoms with E-state index in [0.717, 1.165) is 11.3 Å². The summed E-state index contributed by atoms with van der Waals surface area (Å²) in [4.78, 5) is 11.1. The summed E-state index contributed by atoms with van der Waals surface area (Å²) in [5.41, 5.74) is 8.01. The van der Waals surface area contributed by atoms with Crippen molar-refractivity contribution >= 4 is 23.4 Å². The van der Waals surface area contributed by atoms with Gasteiger partial charge in [0, 0.05) is 22.2 Å². The average Bonchev–Trinajstić information content (AvgIpc) is 2.67. The summed E-state index contributed by atoms with van der Waals surface area (Å²) in [6, 6.07) is 7.16.